The molecule has 0 unspecified atom stereocenters. The van der Waals surface area contributed by atoms with Gasteiger partial charge in [0.15, 0.2) is 0 Å². The molecule has 1 amide bonds. The van der Waals surface area contributed by atoms with Gasteiger partial charge in [0.2, 0.25) is 11.8 Å². The highest BCUT2D eigenvalue weighted by atomic mass is 16.5. The number of piperidine rings is 2. The van der Waals surface area contributed by atoms with E-state index in [1.807, 2.05) is 22.9 Å². The molecule has 11 heteroatoms. The van der Waals surface area contributed by atoms with Crippen LogP contribution in [0.2, 0.25) is 0 Å². The molecule has 5 rings (SSSR count). The van der Waals surface area contributed by atoms with Crippen molar-refractivity contribution in [3.63, 3.8) is 0 Å². The number of nitrogens with one attached hydrogen (secondary N) is 1. The number of nitrogens with zero attached hydrogens (tertiary/aromatic N) is 8. The summed E-state index contributed by atoms with van der Waals surface area (Å²) in [6, 6.07) is 3.83. The van der Waals surface area contributed by atoms with Crippen LogP contribution in [0.4, 0.5) is 11.6 Å². The Bertz CT molecular complexity index is 1090. The van der Waals surface area contributed by atoms with E-state index in [4.69, 9.17) is 4.74 Å². The number of anilines is 2. The van der Waals surface area contributed by atoms with Crippen LogP contribution < -0.4 is 19.9 Å². The number of hydrogen-bond donors (Lipinski definition) is 1. The topological polar surface area (TPSA) is 114 Å². The minimum Gasteiger partial charge on any atom is -0.476 e. The Hall–Kier alpha value is -3.76. The normalized spacial score (nSPS) is 16.8. The Balaban J connectivity index is 1.05. The minimum atomic E-state index is -0.00837. The fraction of sp³-hybridized carbons (Fsp3) is 0.500. The number of amides is 1. The lowest BCUT2D eigenvalue weighted by molar-refractivity contribution is -0.125. The first-order valence-electron chi connectivity index (χ1n) is 12.3. The second-order valence-electron chi connectivity index (χ2n) is 8.87. The molecule has 2 aliphatic heterocycles. The molecule has 1 N–H and O–H groups in total. The fourth-order valence-corrected chi connectivity index (χ4v) is 4.60. The lowest BCUT2D eigenvalue weighted by Gasteiger charge is -2.32. The highest BCUT2D eigenvalue weighted by Gasteiger charge is 2.25. The van der Waals surface area contributed by atoms with Crippen molar-refractivity contribution in [1.82, 2.24) is 34.8 Å². The number of rotatable bonds is 8. The summed E-state index contributed by atoms with van der Waals surface area (Å²) in [6.45, 7) is 4.41. The highest BCUT2D eigenvalue weighted by molar-refractivity contribution is 5.79. The summed E-state index contributed by atoms with van der Waals surface area (Å²) in [7, 11) is 0. The number of carbonyl (C=O) groups is 1. The van der Waals surface area contributed by atoms with Crippen LogP contribution >= 0.6 is 0 Å². The van der Waals surface area contributed by atoms with E-state index in [2.05, 4.69) is 40.0 Å². The zero-order valence-electron chi connectivity index (χ0n) is 19.8. The van der Waals surface area contributed by atoms with Gasteiger partial charge in [-0.05, 0) is 32.1 Å². The Morgan fingerprint density at radius 1 is 0.914 bits per heavy atom. The minimum absolute atomic E-state index is 0.00837. The van der Waals surface area contributed by atoms with Crippen molar-refractivity contribution in [2.45, 2.75) is 32.1 Å². The van der Waals surface area contributed by atoms with Crippen molar-refractivity contribution in [2.24, 2.45) is 5.92 Å². The first-order chi connectivity index (χ1) is 17.3. The van der Waals surface area contributed by atoms with Gasteiger partial charge in [-0.2, -0.15) is 0 Å². The third-order valence-electron chi connectivity index (χ3n) is 6.56. The summed E-state index contributed by atoms with van der Waals surface area (Å²) in [5, 5.41) is 3.01. The third-order valence-corrected chi connectivity index (χ3v) is 6.56. The van der Waals surface area contributed by atoms with Gasteiger partial charge in [0.1, 0.15) is 43.0 Å². The molecule has 2 saturated heterocycles. The summed E-state index contributed by atoms with van der Waals surface area (Å²) < 4.78 is 7.62. The standard InChI is InChI=1S/C24H31N9O2/c34-24(26-7-13-35-23-15-22(29-17-30-23)31-8-2-1-3-9-31)19-4-10-32(11-5-19)20-14-21(28-16-27-20)33-12-6-25-18-33/h6,12,14-19H,1-5,7-11,13H2,(H,26,34). The van der Waals surface area contributed by atoms with Crippen LogP contribution in [0, 0.1) is 5.92 Å². The molecule has 0 aliphatic carbocycles. The first-order valence-corrected chi connectivity index (χ1v) is 12.3. The number of imidazole rings is 1. The molecule has 2 aliphatic rings. The summed E-state index contributed by atoms with van der Waals surface area (Å²) >= 11 is 0. The molecule has 0 bridgehead atoms. The van der Waals surface area contributed by atoms with Crippen LogP contribution in [0.5, 0.6) is 5.88 Å². The third kappa shape index (κ3) is 5.84. The van der Waals surface area contributed by atoms with E-state index in [1.165, 1.54) is 19.3 Å². The molecular weight excluding hydrogens is 446 g/mol. The Labute approximate surface area is 204 Å². The summed E-state index contributed by atoms with van der Waals surface area (Å²) in [5.74, 6) is 3.16. The number of ether oxygens (including phenoxy) is 1. The zero-order chi connectivity index (χ0) is 23.9. The van der Waals surface area contributed by atoms with Crippen LogP contribution in [0.25, 0.3) is 5.82 Å². The summed E-state index contributed by atoms with van der Waals surface area (Å²) in [4.78, 5) is 38.5. The van der Waals surface area contributed by atoms with Crippen LogP contribution in [0.1, 0.15) is 32.1 Å². The second kappa shape index (κ2) is 11.1. The van der Waals surface area contributed by atoms with Crippen molar-refractivity contribution in [3.05, 3.63) is 43.5 Å². The molecule has 0 aromatic carbocycles. The van der Waals surface area contributed by atoms with E-state index >= 15 is 0 Å². The highest BCUT2D eigenvalue weighted by Crippen LogP contribution is 2.23. The van der Waals surface area contributed by atoms with E-state index in [-0.39, 0.29) is 11.8 Å². The molecule has 3 aromatic rings. The maximum absolute atomic E-state index is 12.7. The largest absolute Gasteiger partial charge is 0.476 e. The quantitative estimate of drug-likeness (QED) is 0.486. The van der Waals surface area contributed by atoms with Gasteiger partial charge in [0.25, 0.3) is 0 Å². The second-order valence-corrected chi connectivity index (χ2v) is 8.87. The number of hydrogen-bond acceptors (Lipinski definition) is 9. The smallest absolute Gasteiger partial charge is 0.223 e. The van der Waals surface area contributed by atoms with Gasteiger partial charge in [-0.25, -0.2) is 24.9 Å². The van der Waals surface area contributed by atoms with E-state index in [1.54, 1.807) is 25.2 Å². The molecule has 184 valence electrons. The van der Waals surface area contributed by atoms with Crippen molar-refractivity contribution in [1.29, 1.82) is 0 Å². The molecule has 11 nitrogen and oxygen atoms in total. The SMILES string of the molecule is O=C(NCCOc1cc(N2CCCCC2)ncn1)C1CCN(c2cc(-n3ccnc3)ncn2)CC1. The zero-order valence-corrected chi connectivity index (χ0v) is 19.8. The molecular formula is C24H31N9O2. The van der Waals surface area contributed by atoms with E-state index in [9.17, 15) is 4.79 Å². The van der Waals surface area contributed by atoms with Gasteiger partial charge >= 0.3 is 0 Å². The van der Waals surface area contributed by atoms with Crippen molar-refractivity contribution in [3.8, 4) is 11.7 Å². The van der Waals surface area contributed by atoms with Crippen molar-refractivity contribution < 1.29 is 9.53 Å². The van der Waals surface area contributed by atoms with Gasteiger partial charge in [0.05, 0.1) is 6.54 Å². The van der Waals surface area contributed by atoms with Crippen LogP contribution in [-0.2, 0) is 4.79 Å². The van der Waals surface area contributed by atoms with Crippen LogP contribution in [0.15, 0.2) is 43.5 Å². The summed E-state index contributed by atoms with van der Waals surface area (Å²) in [5.41, 5.74) is 0. The Morgan fingerprint density at radius 2 is 1.63 bits per heavy atom. The molecule has 0 spiro atoms. The first kappa shape index (κ1) is 23.0. The summed E-state index contributed by atoms with van der Waals surface area (Å²) in [6.07, 6.45) is 13.6. The average Bonchev–Trinajstić information content (AvgIpc) is 3.47. The van der Waals surface area contributed by atoms with Gasteiger partial charge in [0, 0.05) is 56.6 Å². The maximum atomic E-state index is 12.7. The van der Waals surface area contributed by atoms with E-state index in [0.717, 1.165) is 56.5 Å². The Morgan fingerprint density at radius 3 is 2.40 bits per heavy atom. The lowest BCUT2D eigenvalue weighted by Crippen LogP contribution is -2.41. The number of carbonyl (C=O) groups excluding carboxylic acids is 1. The Kier molecular flexibility index (Phi) is 7.30. The molecule has 0 radical (unpaired) electrons. The van der Waals surface area contributed by atoms with Crippen molar-refractivity contribution in [2.75, 3.05) is 49.1 Å². The predicted molar refractivity (Wildman–Crippen MR) is 131 cm³/mol. The van der Waals surface area contributed by atoms with Gasteiger partial charge in [-0.15, -0.1) is 0 Å². The number of aromatic nitrogens is 6. The fourth-order valence-electron chi connectivity index (χ4n) is 4.60. The molecule has 5 heterocycles. The molecule has 0 atom stereocenters. The molecule has 35 heavy (non-hydrogen) atoms. The van der Waals surface area contributed by atoms with Gasteiger partial charge in [-0.1, -0.05) is 0 Å². The van der Waals surface area contributed by atoms with Crippen molar-refractivity contribution >= 4 is 17.5 Å². The maximum Gasteiger partial charge on any atom is 0.223 e. The molecule has 0 saturated carbocycles. The molecule has 3 aromatic heterocycles. The average molecular weight is 478 g/mol. The monoisotopic (exact) mass is 477 g/mol. The molecule has 2 fully saturated rings. The van der Waals surface area contributed by atoms with Gasteiger partial charge < -0.3 is 19.9 Å². The lowest BCUT2D eigenvalue weighted by atomic mass is 9.96. The van der Waals surface area contributed by atoms with Crippen LogP contribution in [-0.4, -0.2) is 74.7 Å². The van der Waals surface area contributed by atoms with Crippen LogP contribution in [0.3, 0.4) is 0 Å². The van der Waals surface area contributed by atoms with Gasteiger partial charge in [-0.3, -0.25) is 9.36 Å². The van der Waals surface area contributed by atoms with E-state index in [0.29, 0.717) is 19.0 Å². The predicted octanol–water partition coefficient (Wildman–Crippen LogP) is 1.85. The van der Waals surface area contributed by atoms with E-state index < -0.39 is 0 Å².